The number of nitrogens with zero attached hydrogens (tertiary/aromatic N) is 2. The number of fused-ring (bicyclic) bond motifs is 3. The SMILES string of the molecule is [2H]C([2H])(c1cc[n+](C)c(-c2c(C)ccc3c2oc2nc(C)ccc23)c1)C(C)C. The number of rotatable bonds is 3. The normalized spacial score (nSPS) is 13.5. The van der Waals surface area contributed by atoms with Gasteiger partial charge in [-0.2, -0.15) is 0 Å². The van der Waals surface area contributed by atoms with Gasteiger partial charge in [-0.25, -0.2) is 9.55 Å². The van der Waals surface area contributed by atoms with Gasteiger partial charge in [0.15, 0.2) is 11.8 Å². The van der Waals surface area contributed by atoms with E-state index in [1.807, 2.05) is 56.8 Å². The van der Waals surface area contributed by atoms with E-state index in [0.29, 0.717) is 11.3 Å². The lowest BCUT2D eigenvalue weighted by atomic mass is 9.97. The predicted molar refractivity (Wildman–Crippen MR) is 106 cm³/mol. The fourth-order valence-electron chi connectivity index (χ4n) is 3.47. The van der Waals surface area contributed by atoms with Crippen molar-refractivity contribution in [2.75, 3.05) is 0 Å². The fraction of sp³-hybridized carbons (Fsp3) is 0.304. The Morgan fingerprint density at radius 3 is 2.65 bits per heavy atom. The Kier molecular flexibility index (Phi) is 3.48. The molecule has 0 aliphatic carbocycles. The minimum Gasteiger partial charge on any atom is -0.437 e. The lowest BCUT2D eigenvalue weighted by Gasteiger charge is -2.09. The van der Waals surface area contributed by atoms with Crippen molar-refractivity contribution < 1.29 is 11.7 Å². The fourth-order valence-corrected chi connectivity index (χ4v) is 3.47. The van der Waals surface area contributed by atoms with Crippen LogP contribution in [0.15, 0.2) is 47.0 Å². The Balaban J connectivity index is 2.04. The number of benzene rings is 1. The van der Waals surface area contributed by atoms with Crippen molar-refractivity contribution in [2.24, 2.45) is 13.0 Å². The van der Waals surface area contributed by atoms with Crippen LogP contribution >= 0.6 is 0 Å². The zero-order valence-electron chi connectivity index (χ0n) is 17.9. The molecule has 0 N–H and O–H groups in total. The third-order valence-corrected chi connectivity index (χ3v) is 4.72. The van der Waals surface area contributed by atoms with E-state index in [4.69, 9.17) is 7.16 Å². The molecule has 4 aromatic rings. The molecule has 132 valence electrons. The van der Waals surface area contributed by atoms with Crippen LogP contribution in [-0.4, -0.2) is 4.98 Å². The van der Waals surface area contributed by atoms with E-state index >= 15 is 0 Å². The van der Waals surface area contributed by atoms with Crippen LogP contribution < -0.4 is 4.57 Å². The van der Waals surface area contributed by atoms with Crippen molar-refractivity contribution in [3.63, 3.8) is 0 Å². The topological polar surface area (TPSA) is 29.9 Å². The van der Waals surface area contributed by atoms with Crippen molar-refractivity contribution >= 4 is 22.1 Å². The monoisotopic (exact) mass is 347 g/mol. The number of aryl methyl sites for hydroxylation is 3. The zero-order chi connectivity index (χ0) is 20.2. The molecule has 0 aliphatic rings. The van der Waals surface area contributed by atoms with Crippen molar-refractivity contribution in [3.8, 4) is 11.3 Å². The van der Waals surface area contributed by atoms with Gasteiger partial charge in [0.1, 0.15) is 7.05 Å². The molecule has 0 atom stereocenters. The van der Waals surface area contributed by atoms with E-state index < -0.39 is 6.37 Å². The number of hydrogen-bond acceptors (Lipinski definition) is 2. The molecule has 3 nitrogen and oxygen atoms in total. The molecule has 0 aliphatic heterocycles. The first-order chi connectivity index (χ1) is 13.2. The third-order valence-electron chi connectivity index (χ3n) is 4.72. The third kappa shape index (κ3) is 2.78. The van der Waals surface area contributed by atoms with Gasteiger partial charge in [-0.3, -0.25) is 0 Å². The van der Waals surface area contributed by atoms with E-state index in [-0.39, 0.29) is 5.92 Å². The van der Waals surface area contributed by atoms with Crippen molar-refractivity contribution in [1.29, 1.82) is 0 Å². The summed E-state index contributed by atoms with van der Waals surface area (Å²) in [5, 5.41) is 2.03. The van der Waals surface area contributed by atoms with Gasteiger partial charge < -0.3 is 4.42 Å². The molecule has 1 aromatic carbocycles. The molecule has 0 radical (unpaired) electrons. The molecular weight excluding hydrogens is 320 g/mol. The molecule has 0 spiro atoms. The summed E-state index contributed by atoms with van der Waals surface area (Å²) in [7, 11) is 1.98. The summed E-state index contributed by atoms with van der Waals surface area (Å²) in [6.07, 6.45) is 0.519. The summed E-state index contributed by atoms with van der Waals surface area (Å²) in [5.74, 6) is -0.122. The van der Waals surface area contributed by atoms with E-state index in [2.05, 4.69) is 30.1 Å². The van der Waals surface area contributed by atoms with Crippen LogP contribution in [0.3, 0.4) is 0 Å². The Morgan fingerprint density at radius 2 is 1.88 bits per heavy atom. The van der Waals surface area contributed by atoms with Gasteiger partial charge in [0.05, 0.1) is 5.56 Å². The van der Waals surface area contributed by atoms with Crippen LogP contribution in [0.1, 0.15) is 33.4 Å². The van der Waals surface area contributed by atoms with Crippen LogP contribution in [0.25, 0.3) is 33.3 Å². The van der Waals surface area contributed by atoms with E-state index in [1.54, 1.807) is 0 Å². The van der Waals surface area contributed by atoms with E-state index in [0.717, 1.165) is 38.9 Å². The molecule has 3 heterocycles. The minimum absolute atomic E-state index is 0.122. The minimum atomic E-state index is -1.41. The van der Waals surface area contributed by atoms with Gasteiger partial charge in [0.2, 0.25) is 11.4 Å². The summed E-state index contributed by atoms with van der Waals surface area (Å²) >= 11 is 0. The van der Waals surface area contributed by atoms with Crippen LogP contribution in [0.5, 0.6) is 0 Å². The highest BCUT2D eigenvalue weighted by Gasteiger charge is 2.21. The molecular formula is C23H25N2O+. The second-order valence-electron chi connectivity index (χ2n) is 7.25. The number of pyridine rings is 2. The molecule has 3 heteroatoms. The van der Waals surface area contributed by atoms with Crippen molar-refractivity contribution in [3.05, 3.63) is 59.4 Å². The van der Waals surface area contributed by atoms with Gasteiger partial charge in [0.25, 0.3) is 0 Å². The highest BCUT2D eigenvalue weighted by atomic mass is 16.3. The van der Waals surface area contributed by atoms with Crippen molar-refractivity contribution in [2.45, 2.75) is 34.1 Å². The second-order valence-corrected chi connectivity index (χ2v) is 7.25. The largest absolute Gasteiger partial charge is 0.437 e. The molecule has 26 heavy (non-hydrogen) atoms. The Hall–Kier alpha value is -2.68. The Bertz CT molecular complexity index is 1210. The van der Waals surface area contributed by atoms with Gasteiger partial charge in [-0.15, -0.1) is 0 Å². The predicted octanol–water partition coefficient (Wildman–Crippen LogP) is 5.29. The van der Waals surface area contributed by atoms with E-state index in [1.165, 1.54) is 0 Å². The van der Waals surface area contributed by atoms with Crippen LogP contribution in [0.2, 0.25) is 0 Å². The summed E-state index contributed by atoms with van der Waals surface area (Å²) in [6, 6.07) is 12.0. The van der Waals surface area contributed by atoms with Crippen LogP contribution in [-0.2, 0) is 13.4 Å². The summed E-state index contributed by atoms with van der Waals surface area (Å²) in [4.78, 5) is 4.55. The average molecular weight is 347 g/mol. The zero-order valence-corrected chi connectivity index (χ0v) is 15.9. The molecule has 0 saturated carbocycles. The highest BCUT2D eigenvalue weighted by Crippen LogP contribution is 2.36. The highest BCUT2D eigenvalue weighted by molar-refractivity contribution is 6.08. The molecule has 4 rings (SSSR count). The van der Waals surface area contributed by atoms with Gasteiger partial charge >= 0.3 is 0 Å². The first kappa shape index (κ1) is 14.5. The summed E-state index contributed by atoms with van der Waals surface area (Å²) in [6.45, 7) is 7.83. The quantitative estimate of drug-likeness (QED) is 0.471. The average Bonchev–Trinajstić information content (AvgIpc) is 2.99. The number of hydrogen-bond donors (Lipinski definition) is 0. The van der Waals surface area contributed by atoms with Crippen molar-refractivity contribution in [1.82, 2.24) is 4.98 Å². The lowest BCUT2D eigenvalue weighted by Crippen LogP contribution is -2.31. The summed E-state index contributed by atoms with van der Waals surface area (Å²) < 4.78 is 25.2. The van der Waals surface area contributed by atoms with Gasteiger partial charge in [-0.1, -0.05) is 26.0 Å². The standard InChI is InChI=1S/C23H25N2O/c1-14(2)12-17-10-11-25(5)20(13-17)21-15(3)6-8-18-19-9-7-16(4)24-23(19)26-22(18)21/h6-11,13-14H,12H2,1-5H3/q+1/i12D2. The maximum atomic E-state index is 8.50. The maximum Gasteiger partial charge on any atom is 0.227 e. The second kappa shape index (κ2) is 6.24. The molecule has 0 amide bonds. The Labute approximate surface area is 157 Å². The smallest absolute Gasteiger partial charge is 0.227 e. The number of aromatic nitrogens is 2. The Morgan fingerprint density at radius 1 is 1.12 bits per heavy atom. The first-order valence-electron chi connectivity index (χ1n) is 10.00. The van der Waals surface area contributed by atoms with Gasteiger partial charge in [-0.05, 0) is 49.4 Å². The summed E-state index contributed by atoms with van der Waals surface area (Å²) in [5.41, 5.74) is 6.03. The number of furan rings is 1. The molecule has 0 bridgehead atoms. The van der Waals surface area contributed by atoms with E-state index in [9.17, 15) is 0 Å². The molecule has 0 unspecified atom stereocenters. The van der Waals surface area contributed by atoms with Gasteiger partial charge in [0, 0.05) is 31.3 Å². The molecule has 0 saturated heterocycles. The van der Waals surface area contributed by atoms with Crippen LogP contribution in [0, 0.1) is 19.8 Å². The molecule has 0 fully saturated rings. The first-order valence-corrected chi connectivity index (χ1v) is 9.00. The maximum absolute atomic E-state index is 8.50. The molecule has 3 aromatic heterocycles. The van der Waals surface area contributed by atoms with Crippen LogP contribution in [0.4, 0.5) is 0 Å². The lowest BCUT2D eigenvalue weighted by molar-refractivity contribution is -0.660.